The number of hydrogen-bond acceptors (Lipinski definition) is 5. The molecule has 18 heavy (non-hydrogen) atoms. The van der Waals surface area contributed by atoms with E-state index in [1.165, 1.54) is 0 Å². The second-order valence-electron chi connectivity index (χ2n) is 4.73. The molecule has 0 aliphatic carbocycles. The maximum Gasteiger partial charge on any atom is 0.229 e. The van der Waals surface area contributed by atoms with E-state index in [9.17, 15) is 0 Å². The molecule has 0 spiro atoms. The summed E-state index contributed by atoms with van der Waals surface area (Å²) < 4.78 is 10.2. The van der Waals surface area contributed by atoms with E-state index in [4.69, 9.17) is 21.1 Å². The molecule has 0 aromatic carbocycles. The minimum absolute atomic E-state index is 0.0847. The van der Waals surface area contributed by atoms with Crippen LogP contribution in [0.15, 0.2) is 6.07 Å². The van der Waals surface area contributed by atoms with Crippen LogP contribution in [0.1, 0.15) is 20.3 Å². The minimum atomic E-state index is 0.0847. The lowest BCUT2D eigenvalue weighted by molar-refractivity contribution is 0.366. The summed E-state index contributed by atoms with van der Waals surface area (Å²) in [4.78, 5) is 8.41. The number of ether oxygens (including phenoxy) is 2. The standard InChI is InChI=1S/C12H20ClN3O2/c1-12(2,5-6-13)8-14-11-15-9(17-3)7-10(16-11)18-4/h7H,5-6,8H2,1-4H3,(H,14,15,16). The molecule has 6 heteroatoms. The van der Waals surface area contributed by atoms with Crippen molar-refractivity contribution >= 4 is 17.5 Å². The van der Waals surface area contributed by atoms with E-state index < -0.39 is 0 Å². The fourth-order valence-electron chi connectivity index (χ4n) is 1.35. The summed E-state index contributed by atoms with van der Waals surface area (Å²) in [5.74, 6) is 2.07. The van der Waals surface area contributed by atoms with Gasteiger partial charge in [0, 0.05) is 12.4 Å². The lowest BCUT2D eigenvalue weighted by atomic mass is 9.90. The molecule has 1 rings (SSSR count). The molecule has 0 saturated heterocycles. The number of aromatic nitrogens is 2. The molecule has 1 N–H and O–H groups in total. The van der Waals surface area contributed by atoms with Crippen molar-refractivity contribution in [3.8, 4) is 11.8 Å². The van der Waals surface area contributed by atoms with Gasteiger partial charge in [-0.3, -0.25) is 0 Å². The lowest BCUT2D eigenvalue weighted by Gasteiger charge is -2.23. The van der Waals surface area contributed by atoms with Crippen molar-refractivity contribution in [3.05, 3.63) is 6.07 Å². The van der Waals surface area contributed by atoms with Gasteiger partial charge in [-0.25, -0.2) is 0 Å². The van der Waals surface area contributed by atoms with E-state index in [1.807, 2.05) is 0 Å². The van der Waals surface area contributed by atoms with E-state index in [0.717, 1.165) is 13.0 Å². The van der Waals surface area contributed by atoms with Gasteiger partial charge in [-0.05, 0) is 11.8 Å². The van der Waals surface area contributed by atoms with Crippen LogP contribution in [0.2, 0.25) is 0 Å². The van der Waals surface area contributed by atoms with Crippen LogP contribution in [0.3, 0.4) is 0 Å². The Balaban J connectivity index is 2.72. The molecule has 102 valence electrons. The monoisotopic (exact) mass is 273 g/mol. The number of nitrogens with one attached hydrogen (secondary N) is 1. The van der Waals surface area contributed by atoms with E-state index in [-0.39, 0.29) is 5.41 Å². The highest BCUT2D eigenvalue weighted by Gasteiger charge is 2.17. The Kier molecular flexibility index (Phi) is 5.47. The minimum Gasteiger partial charge on any atom is -0.481 e. The van der Waals surface area contributed by atoms with Gasteiger partial charge in [-0.15, -0.1) is 11.6 Å². The average molecular weight is 274 g/mol. The van der Waals surface area contributed by atoms with Gasteiger partial charge >= 0.3 is 0 Å². The van der Waals surface area contributed by atoms with Crippen molar-refractivity contribution in [2.75, 3.05) is 32.0 Å². The predicted molar refractivity (Wildman–Crippen MR) is 72.7 cm³/mol. The molecule has 0 saturated carbocycles. The molecule has 0 bridgehead atoms. The van der Waals surface area contributed by atoms with Crippen LogP contribution in [0.4, 0.5) is 5.95 Å². The summed E-state index contributed by atoms with van der Waals surface area (Å²) in [5.41, 5.74) is 0.0847. The van der Waals surface area contributed by atoms with E-state index >= 15 is 0 Å². The molecule has 1 heterocycles. The first-order chi connectivity index (χ1) is 8.50. The highest BCUT2D eigenvalue weighted by atomic mass is 35.5. The van der Waals surface area contributed by atoms with Crippen LogP contribution >= 0.6 is 11.6 Å². The van der Waals surface area contributed by atoms with Crippen LogP contribution in [0.5, 0.6) is 11.8 Å². The van der Waals surface area contributed by atoms with Gasteiger partial charge in [0.05, 0.1) is 20.3 Å². The number of halogens is 1. The Hall–Kier alpha value is -1.23. The summed E-state index contributed by atoms with van der Waals surface area (Å²) >= 11 is 5.76. The summed E-state index contributed by atoms with van der Waals surface area (Å²) in [6.07, 6.45) is 0.919. The Morgan fingerprint density at radius 2 is 1.78 bits per heavy atom. The van der Waals surface area contributed by atoms with Crippen LogP contribution in [0, 0.1) is 5.41 Å². The largest absolute Gasteiger partial charge is 0.481 e. The first kappa shape index (κ1) is 14.8. The molecule has 0 amide bonds. The molecule has 0 radical (unpaired) electrons. The number of hydrogen-bond donors (Lipinski definition) is 1. The number of rotatable bonds is 7. The lowest BCUT2D eigenvalue weighted by Crippen LogP contribution is -2.24. The zero-order valence-corrected chi connectivity index (χ0v) is 12.0. The third-order valence-electron chi connectivity index (χ3n) is 2.59. The Bertz CT molecular complexity index is 363. The predicted octanol–water partition coefficient (Wildman–Crippen LogP) is 2.56. The van der Waals surface area contributed by atoms with Crippen molar-refractivity contribution < 1.29 is 9.47 Å². The highest BCUT2D eigenvalue weighted by molar-refractivity contribution is 6.17. The van der Waals surface area contributed by atoms with Gasteiger partial charge in [0.1, 0.15) is 0 Å². The molecule has 0 fully saturated rings. The fourth-order valence-corrected chi connectivity index (χ4v) is 1.87. The van der Waals surface area contributed by atoms with Crippen LogP contribution in [0.25, 0.3) is 0 Å². The SMILES string of the molecule is COc1cc(OC)nc(NCC(C)(C)CCCl)n1. The molecular weight excluding hydrogens is 254 g/mol. The van der Waals surface area contributed by atoms with Gasteiger partial charge in [0.25, 0.3) is 0 Å². The second-order valence-corrected chi connectivity index (χ2v) is 5.11. The van der Waals surface area contributed by atoms with E-state index in [0.29, 0.717) is 23.6 Å². The van der Waals surface area contributed by atoms with E-state index in [1.54, 1.807) is 20.3 Å². The Morgan fingerprint density at radius 3 is 2.22 bits per heavy atom. The molecule has 1 aromatic rings. The van der Waals surface area contributed by atoms with Gasteiger partial charge in [-0.1, -0.05) is 13.8 Å². The first-order valence-corrected chi connectivity index (χ1v) is 6.31. The molecular formula is C12H20ClN3O2. The number of anilines is 1. The van der Waals surface area contributed by atoms with Crippen molar-refractivity contribution in [2.45, 2.75) is 20.3 Å². The average Bonchev–Trinajstić information content (AvgIpc) is 2.36. The maximum atomic E-state index is 5.76. The topological polar surface area (TPSA) is 56.3 Å². The van der Waals surface area contributed by atoms with Crippen molar-refractivity contribution in [3.63, 3.8) is 0 Å². The van der Waals surface area contributed by atoms with Gasteiger partial charge in [-0.2, -0.15) is 9.97 Å². The molecule has 5 nitrogen and oxygen atoms in total. The first-order valence-electron chi connectivity index (χ1n) is 5.77. The van der Waals surface area contributed by atoms with Gasteiger partial charge < -0.3 is 14.8 Å². The quantitative estimate of drug-likeness (QED) is 0.774. The zero-order chi connectivity index (χ0) is 13.6. The third-order valence-corrected chi connectivity index (χ3v) is 2.78. The number of methoxy groups -OCH3 is 2. The Morgan fingerprint density at radius 1 is 1.22 bits per heavy atom. The van der Waals surface area contributed by atoms with Gasteiger partial charge in [0.15, 0.2) is 0 Å². The van der Waals surface area contributed by atoms with Crippen LogP contribution in [-0.4, -0.2) is 36.6 Å². The van der Waals surface area contributed by atoms with Crippen molar-refractivity contribution in [1.82, 2.24) is 9.97 Å². The molecule has 0 aliphatic heterocycles. The van der Waals surface area contributed by atoms with Crippen LogP contribution in [-0.2, 0) is 0 Å². The highest BCUT2D eigenvalue weighted by Crippen LogP contribution is 2.22. The molecule has 0 atom stereocenters. The summed E-state index contributed by atoms with van der Waals surface area (Å²) in [6.45, 7) is 5.01. The summed E-state index contributed by atoms with van der Waals surface area (Å²) in [5, 5.41) is 3.18. The summed E-state index contributed by atoms with van der Waals surface area (Å²) in [6, 6.07) is 1.63. The van der Waals surface area contributed by atoms with Crippen molar-refractivity contribution in [2.24, 2.45) is 5.41 Å². The van der Waals surface area contributed by atoms with Crippen LogP contribution < -0.4 is 14.8 Å². The molecule has 1 aromatic heterocycles. The van der Waals surface area contributed by atoms with Crippen molar-refractivity contribution in [1.29, 1.82) is 0 Å². The molecule has 0 aliphatic rings. The number of alkyl halides is 1. The van der Waals surface area contributed by atoms with E-state index in [2.05, 4.69) is 29.1 Å². The smallest absolute Gasteiger partial charge is 0.229 e. The normalized spacial score (nSPS) is 11.2. The Labute approximate surface area is 113 Å². The molecule has 0 unspecified atom stereocenters. The fraction of sp³-hybridized carbons (Fsp3) is 0.667. The number of nitrogens with zero attached hydrogens (tertiary/aromatic N) is 2. The van der Waals surface area contributed by atoms with Gasteiger partial charge in [0.2, 0.25) is 17.7 Å². The summed E-state index contributed by atoms with van der Waals surface area (Å²) in [7, 11) is 3.12. The zero-order valence-electron chi connectivity index (χ0n) is 11.3. The second kappa shape index (κ2) is 6.64. The maximum absolute atomic E-state index is 5.76. The third kappa shape index (κ3) is 4.56.